The number of aliphatic imine (C=N–C) groups is 1. The molecule has 80 valence electrons. The third kappa shape index (κ3) is 2.81. The maximum absolute atomic E-state index is 5.88. The molecule has 0 unspecified atom stereocenters. The number of nitrogens with zero attached hydrogens (tertiary/aromatic N) is 2. The summed E-state index contributed by atoms with van der Waals surface area (Å²) in [6, 6.07) is 9.01. The van der Waals surface area contributed by atoms with Crippen molar-refractivity contribution < 1.29 is 0 Å². The maximum Gasteiger partial charge on any atom is 0.0645 e. The third-order valence-corrected chi connectivity index (χ3v) is 2.71. The predicted octanol–water partition coefficient (Wildman–Crippen LogP) is 4.14. The van der Waals surface area contributed by atoms with Gasteiger partial charge in [-0.1, -0.05) is 23.2 Å². The van der Waals surface area contributed by atoms with Gasteiger partial charge in [0.25, 0.3) is 0 Å². The standard InChI is InChI=1S/C12H8Cl2N2/c13-11-2-1-10(7-12(11)14)16-8-9-3-5-15-6-4-9/h1-8H. The van der Waals surface area contributed by atoms with Crippen molar-refractivity contribution in [3.8, 4) is 0 Å². The molecule has 0 amide bonds. The van der Waals surface area contributed by atoms with Crippen molar-refractivity contribution in [3.05, 3.63) is 58.3 Å². The maximum atomic E-state index is 5.88. The van der Waals surface area contributed by atoms with Crippen LogP contribution in [0.25, 0.3) is 0 Å². The summed E-state index contributed by atoms with van der Waals surface area (Å²) < 4.78 is 0. The Morgan fingerprint density at radius 2 is 1.75 bits per heavy atom. The van der Waals surface area contributed by atoms with Crippen LogP contribution in [0.4, 0.5) is 5.69 Å². The molecular weight excluding hydrogens is 243 g/mol. The molecule has 2 aromatic rings. The molecule has 0 atom stereocenters. The molecule has 1 heterocycles. The molecule has 0 fully saturated rings. The van der Waals surface area contributed by atoms with Crippen molar-refractivity contribution in [2.75, 3.05) is 0 Å². The first-order valence-electron chi connectivity index (χ1n) is 4.65. The van der Waals surface area contributed by atoms with E-state index in [1.807, 2.05) is 18.2 Å². The topological polar surface area (TPSA) is 25.2 Å². The van der Waals surface area contributed by atoms with E-state index in [0.29, 0.717) is 10.0 Å². The lowest BCUT2D eigenvalue weighted by Gasteiger charge is -1.97. The van der Waals surface area contributed by atoms with E-state index in [0.717, 1.165) is 11.3 Å². The van der Waals surface area contributed by atoms with Gasteiger partial charge in [-0.15, -0.1) is 0 Å². The monoisotopic (exact) mass is 250 g/mol. The summed E-state index contributed by atoms with van der Waals surface area (Å²) >= 11 is 11.7. The van der Waals surface area contributed by atoms with E-state index in [1.54, 1.807) is 30.7 Å². The molecule has 0 aliphatic heterocycles. The Balaban J connectivity index is 2.21. The minimum atomic E-state index is 0.506. The zero-order valence-corrected chi connectivity index (χ0v) is 9.78. The van der Waals surface area contributed by atoms with Gasteiger partial charge in [-0.2, -0.15) is 0 Å². The Kier molecular flexibility index (Phi) is 3.54. The molecular formula is C12H8Cl2N2. The van der Waals surface area contributed by atoms with Crippen LogP contribution in [0.1, 0.15) is 5.56 Å². The van der Waals surface area contributed by atoms with Gasteiger partial charge in [-0.05, 0) is 35.9 Å². The molecule has 0 spiro atoms. The van der Waals surface area contributed by atoms with Crippen molar-refractivity contribution in [1.29, 1.82) is 0 Å². The Labute approximate surface area is 104 Å². The van der Waals surface area contributed by atoms with Gasteiger partial charge < -0.3 is 0 Å². The fourth-order valence-electron chi connectivity index (χ4n) is 1.16. The van der Waals surface area contributed by atoms with Gasteiger partial charge in [0.1, 0.15) is 0 Å². The van der Waals surface area contributed by atoms with Crippen molar-refractivity contribution in [3.63, 3.8) is 0 Å². The van der Waals surface area contributed by atoms with E-state index in [9.17, 15) is 0 Å². The Bertz CT molecular complexity index is 510. The molecule has 0 N–H and O–H groups in total. The van der Waals surface area contributed by atoms with Crippen molar-refractivity contribution >= 4 is 35.1 Å². The lowest BCUT2D eigenvalue weighted by Crippen LogP contribution is -1.80. The molecule has 0 radical (unpaired) electrons. The number of aromatic nitrogens is 1. The van der Waals surface area contributed by atoms with Gasteiger partial charge in [0.2, 0.25) is 0 Å². The molecule has 0 aliphatic rings. The van der Waals surface area contributed by atoms with E-state index in [-0.39, 0.29) is 0 Å². The summed E-state index contributed by atoms with van der Waals surface area (Å²) in [5.41, 5.74) is 1.76. The van der Waals surface area contributed by atoms with Crippen LogP contribution in [-0.4, -0.2) is 11.2 Å². The average Bonchev–Trinajstić information content (AvgIpc) is 2.32. The van der Waals surface area contributed by atoms with Crippen LogP contribution in [-0.2, 0) is 0 Å². The number of hydrogen-bond donors (Lipinski definition) is 0. The second-order valence-corrected chi connectivity index (χ2v) is 3.95. The lowest BCUT2D eigenvalue weighted by molar-refractivity contribution is 1.32. The second-order valence-electron chi connectivity index (χ2n) is 3.14. The smallest absolute Gasteiger partial charge is 0.0645 e. The van der Waals surface area contributed by atoms with E-state index in [1.165, 1.54) is 0 Å². The van der Waals surface area contributed by atoms with Crippen LogP contribution in [0, 0.1) is 0 Å². The SMILES string of the molecule is Clc1ccc(N=Cc2ccncc2)cc1Cl. The fourth-order valence-corrected chi connectivity index (χ4v) is 1.46. The fraction of sp³-hybridized carbons (Fsp3) is 0. The van der Waals surface area contributed by atoms with E-state index >= 15 is 0 Å². The van der Waals surface area contributed by atoms with Crippen molar-refractivity contribution in [2.24, 2.45) is 4.99 Å². The van der Waals surface area contributed by atoms with Gasteiger partial charge in [-0.25, -0.2) is 0 Å². The predicted molar refractivity (Wildman–Crippen MR) is 68.0 cm³/mol. The second kappa shape index (κ2) is 5.10. The molecule has 0 aliphatic carbocycles. The molecule has 1 aromatic carbocycles. The normalized spacial score (nSPS) is 10.9. The molecule has 0 saturated heterocycles. The van der Waals surface area contributed by atoms with Gasteiger partial charge >= 0.3 is 0 Å². The Hall–Kier alpha value is -1.38. The Morgan fingerprint density at radius 1 is 1.00 bits per heavy atom. The number of rotatable bonds is 2. The van der Waals surface area contributed by atoms with Gasteiger partial charge in [0, 0.05) is 18.6 Å². The first-order chi connectivity index (χ1) is 7.75. The van der Waals surface area contributed by atoms with Crippen LogP contribution in [0.3, 0.4) is 0 Å². The Morgan fingerprint density at radius 3 is 2.44 bits per heavy atom. The highest BCUT2D eigenvalue weighted by atomic mass is 35.5. The highest BCUT2D eigenvalue weighted by Crippen LogP contribution is 2.26. The summed E-state index contributed by atoms with van der Waals surface area (Å²) in [4.78, 5) is 8.21. The van der Waals surface area contributed by atoms with Crippen LogP contribution in [0.15, 0.2) is 47.7 Å². The van der Waals surface area contributed by atoms with E-state index < -0.39 is 0 Å². The quantitative estimate of drug-likeness (QED) is 0.736. The molecule has 0 saturated carbocycles. The average molecular weight is 251 g/mol. The van der Waals surface area contributed by atoms with Gasteiger partial charge in [0.05, 0.1) is 15.7 Å². The molecule has 2 nitrogen and oxygen atoms in total. The first kappa shape index (κ1) is 11.1. The zero-order chi connectivity index (χ0) is 11.4. The van der Waals surface area contributed by atoms with Crippen LogP contribution < -0.4 is 0 Å². The molecule has 16 heavy (non-hydrogen) atoms. The van der Waals surface area contributed by atoms with Gasteiger partial charge in [0.15, 0.2) is 0 Å². The highest BCUT2D eigenvalue weighted by molar-refractivity contribution is 6.42. The largest absolute Gasteiger partial charge is 0.265 e. The summed E-state index contributed by atoms with van der Waals surface area (Å²) in [6.07, 6.45) is 5.19. The number of hydrogen-bond acceptors (Lipinski definition) is 2. The van der Waals surface area contributed by atoms with Crippen LogP contribution >= 0.6 is 23.2 Å². The van der Waals surface area contributed by atoms with Crippen LogP contribution in [0.2, 0.25) is 10.0 Å². The number of halogens is 2. The molecule has 4 heteroatoms. The number of pyridine rings is 1. The summed E-state index contributed by atoms with van der Waals surface area (Å²) in [5.74, 6) is 0. The summed E-state index contributed by atoms with van der Waals surface area (Å²) in [5, 5.41) is 1.04. The molecule has 1 aromatic heterocycles. The third-order valence-electron chi connectivity index (χ3n) is 1.97. The highest BCUT2D eigenvalue weighted by Gasteiger charge is 1.97. The van der Waals surface area contributed by atoms with Crippen molar-refractivity contribution in [2.45, 2.75) is 0 Å². The minimum Gasteiger partial charge on any atom is -0.265 e. The lowest BCUT2D eigenvalue weighted by atomic mass is 10.3. The van der Waals surface area contributed by atoms with Gasteiger partial charge in [-0.3, -0.25) is 9.98 Å². The first-order valence-corrected chi connectivity index (χ1v) is 5.40. The molecule has 2 rings (SSSR count). The van der Waals surface area contributed by atoms with Crippen LogP contribution in [0.5, 0.6) is 0 Å². The minimum absolute atomic E-state index is 0.506. The van der Waals surface area contributed by atoms with E-state index in [2.05, 4.69) is 9.98 Å². The number of benzene rings is 1. The summed E-state index contributed by atoms with van der Waals surface area (Å²) in [7, 11) is 0. The van der Waals surface area contributed by atoms with Crippen molar-refractivity contribution in [1.82, 2.24) is 4.98 Å². The zero-order valence-electron chi connectivity index (χ0n) is 8.27. The molecule has 0 bridgehead atoms. The van der Waals surface area contributed by atoms with E-state index in [4.69, 9.17) is 23.2 Å². The summed E-state index contributed by atoms with van der Waals surface area (Å²) in [6.45, 7) is 0.